The summed E-state index contributed by atoms with van der Waals surface area (Å²) in [6.45, 7) is 1.84. The molecule has 0 aromatic heterocycles. The Morgan fingerprint density at radius 2 is 2.15 bits per heavy atom. The Morgan fingerprint density at radius 1 is 1.54 bits per heavy atom. The van der Waals surface area contributed by atoms with Crippen LogP contribution in [0.25, 0.3) is 0 Å². The van der Waals surface area contributed by atoms with Crippen LogP contribution in [-0.2, 0) is 0 Å². The zero-order valence-corrected chi connectivity index (χ0v) is 7.61. The molecule has 4 nitrogen and oxygen atoms in total. The van der Waals surface area contributed by atoms with Crippen molar-refractivity contribution in [3.05, 3.63) is 23.8 Å². The van der Waals surface area contributed by atoms with Crippen molar-refractivity contribution in [2.24, 2.45) is 5.73 Å². The Kier molecular flexibility index (Phi) is 2.41. The SMILES string of the molecule is Cc1ccc(O)cc1N(C)C(N)=O. The van der Waals surface area contributed by atoms with E-state index in [2.05, 4.69) is 0 Å². The lowest BCUT2D eigenvalue weighted by Crippen LogP contribution is -2.32. The molecule has 1 rings (SSSR count). The van der Waals surface area contributed by atoms with E-state index in [1.54, 1.807) is 19.2 Å². The van der Waals surface area contributed by atoms with Crippen LogP contribution in [0.2, 0.25) is 0 Å². The summed E-state index contributed by atoms with van der Waals surface area (Å²) in [5.74, 6) is 0.119. The number of nitrogens with two attached hydrogens (primary N) is 1. The second-order valence-corrected chi connectivity index (χ2v) is 2.87. The van der Waals surface area contributed by atoms with E-state index in [-0.39, 0.29) is 5.75 Å². The molecule has 0 fully saturated rings. The van der Waals surface area contributed by atoms with Crippen molar-refractivity contribution in [2.45, 2.75) is 6.92 Å². The maximum absolute atomic E-state index is 10.8. The summed E-state index contributed by atoms with van der Waals surface area (Å²) in [6, 6.07) is 4.24. The molecule has 4 heteroatoms. The van der Waals surface area contributed by atoms with Crippen LogP contribution in [0.15, 0.2) is 18.2 Å². The average molecular weight is 180 g/mol. The first-order valence-electron chi connectivity index (χ1n) is 3.85. The number of benzene rings is 1. The number of hydrogen-bond donors (Lipinski definition) is 2. The van der Waals surface area contributed by atoms with Gasteiger partial charge in [0.2, 0.25) is 0 Å². The summed E-state index contributed by atoms with van der Waals surface area (Å²) in [5, 5.41) is 9.19. The summed E-state index contributed by atoms with van der Waals surface area (Å²) in [7, 11) is 1.56. The molecule has 0 atom stereocenters. The lowest BCUT2D eigenvalue weighted by atomic mass is 10.2. The standard InChI is InChI=1S/C9H12N2O2/c1-6-3-4-7(12)5-8(6)11(2)9(10)13/h3-5,12H,1-2H3,(H2,10,13). The fourth-order valence-electron chi connectivity index (χ4n) is 1.08. The minimum absolute atomic E-state index is 0.119. The van der Waals surface area contributed by atoms with E-state index in [4.69, 9.17) is 5.73 Å². The van der Waals surface area contributed by atoms with Gasteiger partial charge in [0.05, 0.1) is 5.69 Å². The Balaban J connectivity index is 3.12. The summed E-state index contributed by atoms with van der Waals surface area (Å²) in [5.41, 5.74) is 6.60. The van der Waals surface area contributed by atoms with Crippen molar-refractivity contribution in [3.63, 3.8) is 0 Å². The van der Waals surface area contributed by atoms with Gasteiger partial charge in [0.1, 0.15) is 5.75 Å². The highest BCUT2D eigenvalue weighted by Crippen LogP contribution is 2.23. The number of urea groups is 1. The number of phenolic OH excluding ortho intramolecular Hbond substituents is 1. The van der Waals surface area contributed by atoms with Crippen LogP contribution < -0.4 is 10.6 Å². The van der Waals surface area contributed by atoms with Gasteiger partial charge in [-0.15, -0.1) is 0 Å². The fraction of sp³-hybridized carbons (Fsp3) is 0.222. The highest BCUT2D eigenvalue weighted by molar-refractivity contribution is 5.91. The molecule has 70 valence electrons. The predicted octanol–water partition coefficient (Wildman–Crippen LogP) is 1.22. The van der Waals surface area contributed by atoms with Crippen molar-refractivity contribution >= 4 is 11.7 Å². The summed E-state index contributed by atoms with van der Waals surface area (Å²) in [6.07, 6.45) is 0. The van der Waals surface area contributed by atoms with Crippen molar-refractivity contribution in [1.82, 2.24) is 0 Å². The molecule has 3 N–H and O–H groups in total. The van der Waals surface area contributed by atoms with Gasteiger partial charge < -0.3 is 10.8 Å². The molecular weight excluding hydrogens is 168 g/mol. The second-order valence-electron chi connectivity index (χ2n) is 2.87. The molecule has 0 saturated heterocycles. The number of primary amides is 1. The van der Waals surface area contributed by atoms with Crippen molar-refractivity contribution < 1.29 is 9.90 Å². The Morgan fingerprint density at radius 3 is 2.69 bits per heavy atom. The molecule has 2 amide bonds. The molecule has 1 aromatic rings. The number of hydrogen-bond acceptors (Lipinski definition) is 2. The van der Waals surface area contributed by atoms with Crippen molar-refractivity contribution in [3.8, 4) is 5.75 Å². The van der Waals surface area contributed by atoms with Crippen molar-refractivity contribution in [1.29, 1.82) is 0 Å². The molecule has 0 spiro atoms. The normalized spacial score (nSPS) is 9.69. The third-order valence-electron chi connectivity index (χ3n) is 1.88. The number of aromatic hydroxyl groups is 1. The van der Waals surface area contributed by atoms with Crippen LogP contribution in [0, 0.1) is 6.92 Å². The number of phenols is 1. The molecule has 0 aliphatic rings. The first kappa shape index (κ1) is 9.38. The highest BCUT2D eigenvalue weighted by Gasteiger charge is 2.09. The second kappa shape index (κ2) is 3.35. The smallest absolute Gasteiger partial charge is 0.319 e. The van der Waals surface area contributed by atoms with Crippen LogP contribution in [-0.4, -0.2) is 18.2 Å². The molecule has 0 unspecified atom stereocenters. The zero-order chi connectivity index (χ0) is 10.0. The topological polar surface area (TPSA) is 66.6 Å². The number of carbonyl (C=O) groups excluding carboxylic acids is 1. The molecule has 0 saturated carbocycles. The minimum Gasteiger partial charge on any atom is -0.508 e. The van der Waals surface area contributed by atoms with E-state index in [1.165, 1.54) is 11.0 Å². The monoisotopic (exact) mass is 180 g/mol. The highest BCUT2D eigenvalue weighted by atomic mass is 16.3. The van der Waals surface area contributed by atoms with Gasteiger partial charge in [0.15, 0.2) is 0 Å². The molecule has 0 radical (unpaired) electrons. The molecular formula is C9H12N2O2. The molecule has 0 aliphatic heterocycles. The van der Waals surface area contributed by atoms with Crippen LogP contribution >= 0.6 is 0 Å². The Labute approximate surface area is 76.6 Å². The molecule has 1 aromatic carbocycles. The fourth-order valence-corrected chi connectivity index (χ4v) is 1.08. The quantitative estimate of drug-likeness (QED) is 0.682. The number of aryl methyl sites for hydroxylation is 1. The summed E-state index contributed by atoms with van der Waals surface area (Å²) in [4.78, 5) is 12.1. The van der Waals surface area contributed by atoms with E-state index in [0.29, 0.717) is 5.69 Å². The Bertz CT molecular complexity index is 336. The lowest BCUT2D eigenvalue weighted by molar-refractivity contribution is 0.255. The lowest BCUT2D eigenvalue weighted by Gasteiger charge is -2.16. The van der Waals surface area contributed by atoms with Gasteiger partial charge in [-0.1, -0.05) is 6.07 Å². The third-order valence-corrected chi connectivity index (χ3v) is 1.88. The predicted molar refractivity (Wildman–Crippen MR) is 50.8 cm³/mol. The summed E-state index contributed by atoms with van der Waals surface area (Å²) < 4.78 is 0. The number of anilines is 1. The number of carbonyl (C=O) groups is 1. The van der Waals surface area contributed by atoms with Gasteiger partial charge >= 0.3 is 6.03 Å². The first-order valence-corrected chi connectivity index (χ1v) is 3.85. The van der Waals surface area contributed by atoms with Gasteiger partial charge in [0, 0.05) is 13.1 Å². The first-order chi connectivity index (χ1) is 6.02. The van der Waals surface area contributed by atoms with E-state index >= 15 is 0 Å². The molecule has 0 heterocycles. The Hall–Kier alpha value is -1.71. The molecule has 0 bridgehead atoms. The van der Waals surface area contributed by atoms with Crippen LogP contribution in [0.1, 0.15) is 5.56 Å². The van der Waals surface area contributed by atoms with Crippen molar-refractivity contribution in [2.75, 3.05) is 11.9 Å². The van der Waals surface area contributed by atoms with E-state index < -0.39 is 6.03 Å². The van der Waals surface area contributed by atoms with Gasteiger partial charge in [-0.25, -0.2) is 4.79 Å². The van der Waals surface area contributed by atoms with Gasteiger partial charge in [0.25, 0.3) is 0 Å². The maximum atomic E-state index is 10.8. The molecule has 0 aliphatic carbocycles. The van der Waals surface area contributed by atoms with E-state index in [0.717, 1.165) is 5.56 Å². The molecule has 13 heavy (non-hydrogen) atoms. The van der Waals surface area contributed by atoms with E-state index in [1.807, 2.05) is 6.92 Å². The van der Waals surface area contributed by atoms with Crippen LogP contribution in [0.4, 0.5) is 10.5 Å². The van der Waals surface area contributed by atoms with Gasteiger partial charge in [-0.3, -0.25) is 4.90 Å². The van der Waals surface area contributed by atoms with Crippen LogP contribution in [0.5, 0.6) is 5.75 Å². The zero-order valence-electron chi connectivity index (χ0n) is 7.61. The van der Waals surface area contributed by atoms with E-state index in [9.17, 15) is 9.90 Å². The average Bonchev–Trinajstić information content (AvgIpc) is 2.08. The van der Waals surface area contributed by atoms with Gasteiger partial charge in [-0.2, -0.15) is 0 Å². The van der Waals surface area contributed by atoms with Gasteiger partial charge in [-0.05, 0) is 18.6 Å². The van der Waals surface area contributed by atoms with Crippen LogP contribution in [0.3, 0.4) is 0 Å². The maximum Gasteiger partial charge on any atom is 0.319 e. The number of nitrogens with zero attached hydrogens (tertiary/aromatic N) is 1. The minimum atomic E-state index is -0.547. The summed E-state index contributed by atoms with van der Waals surface area (Å²) >= 11 is 0. The third kappa shape index (κ3) is 1.90. The largest absolute Gasteiger partial charge is 0.508 e. The number of amides is 2. The number of rotatable bonds is 1.